The molecule has 1 amide bonds. The quantitative estimate of drug-likeness (QED) is 0.675. The SMILES string of the molecule is Cc1csc(-c2cc(Cl)c(Cl)c3sc4c(c23)CCN(C(=O)CN)C4)n1. The lowest BCUT2D eigenvalue weighted by atomic mass is 9.99. The van der Waals surface area contributed by atoms with E-state index >= 15 is 0 Å². The smallest absolute Gasteiger partial charge is 0.236 e. The number of aryl methyl sites for hydroxylation is 1. The average Bonchev–Trinajstić information content (AvgIpc) is 3.20. The molecular weight excluding hydrogens is 397 g/mol. The highest BCUT2D eigenvalue weighted by atomic mass is 35.5. The Bertz CT molecular complexity index is 996. The van der Waals surface area contributed by atoms with Crippen LogP contribution in [0.15, 0.2) is 11.4 Å². The predicted molar refractivity (Wildman–Crippen MR) is 106 cm³/mol. The molecule has 3 aromatic rings. The van der Waals surface area contributed by atoms with Gasteiger partial charge in [-0.25, -0.2) is 4.98 Å². The van der Waals surface area contributed by atoms with Crippen LogP contribution in [0.4, 0.5) is 0 Å². The summed E-state index contributed by atoms with van der Waals surface area (Å²) in [5, 5.41) is 5.21. The normalized spacial score (nSPS) is 14.2. The van der Waals surface area contributed by atoms with Gasteiger partial charge in [0, 0.05) is 33.4 Å². The molecule has 0 aliphatic carbocycles. The Morgan fingerprint density at radius 1 is 1.44 bits per heavy atom. The fourth-order valence-electron chi connectivity index (χ4n) is 3.20. The number of fused-ring (bicyclic) bond motifs is 3. The molecule has 0 radical (unpaired) electrons. The van der Waals surface area contributed by atoms with Crippen molar-refractivity contribution < 1.29 is 4.79 Å². The molecule has 130 valence electrons. The van der Waals surface area contributed by atoms with Gasteiger partial charge in [-0.2, -0.15) is 0 Å². The summed E-state index contributed by atoms with van der Waals surface area (Å²) in [5.41, 5.74) is 8.78. The summed E-state index contributed by atoms with van der Waals surface area (Å²) in [6.07, 6.45) is 0.788. The number of nitrogens with zero attached hydrogens (tertiary/aromatic N) is 2. The summed E-state index contributed by atoms with van der Waals surface area (Å²) in [6.45, 7) is 3.27. The Morgan fingerprint density at radius 2 is 2.24 bits per heavy atom. The molecule has 3 heterocycles. The molecule has 0 unspecified atom stereocenters. The van der Waals surface area contributed by atoms with E-state index in [0.717, 1.165) is 37.6 Å². The largest absolute Gasteiger partial charge is 0.336 e. The number of carbonyl (C=O) groups is 1. The van der Waals surface area contributed by atoms with E-state index < -0.39 is 0 Å². The van der Waals surface area contributed by atoms with Gasteiger partial charge in [0.1, 0.15) is 5.01 Å². The van der Waals surface area contributed by atoms with Crippen LogP contribution >= 0.6 is 45.9 Å². The highest BCUT2D eigenvalue weighted by molar-refractivity contribution is 7.20. The maximum atomic E-state index is 12.0. The van der Waals surface area contributed by atoms with Crippen molar-refractivity contribution in [3.63, 3.8) is 0 Å². The zero-order valence-corrected chi connectivity index (χ0v) is 16.6. The van der Waals surface area contributed by atoms with Crippen molar-refractivity contribution in [3.05, 3.63) is 37.6 Å². The van der Waals surface area contributed by atoms with Crippen molar-refractivity contribution in [2.24, 2.45) is 5.73 Å². The zero-order chi connectivity index (χ0) is 17.7. The number of hydrogen-bond acceptors (Lipinski definition) is 5. The molecule has 1 aliphatic rings. The summed E-state index contributed by atoms with van der Waals surface area (Å²) in [5.74, 6) is -0.0250. The molecule has 1 aliphatic heterocycles. The lowest BCUT2D eigenvalue weighted by Crippen LogP contribution is -2.39. The molecule has 0 atom stereocenters. The van der Waals surface area contributed by atoms with E-state index in [1.807, 2.05) is 18.4 Å². The number of hydrogen-bond donors (Lipinski definition) is 1. The van der Waals surface area contributed by atoms with E-state index in [-0.39, 0.29) is 12.5 Å². The number of carbonyl (C=O) groups excluding carboxylic acids is 1. The average molecular weight is 412 g/mol. The van der Waals surface area contributed by atoms with Crippen LogP contribution in [0, 0.1) is 6.92 Å². The summed E-state index contributed by atoms with van der Waals surface area (Å²) >= 11 is 16.1. The van der Waals surface area contributed by atoms with Crippen molar-refractivity contribution in [1.82, 2.24) is 9.88 Å². The number of halogens is 2. The third-order valence-electron chi connectivity index (χ3n) is 4.38. The lowest BCUT2D eigenvalue weighted by molar-refractivity contribution is -0.130. The van der Waals surface area contributed by atoms with Crippen LogP contribution in [0.3, 0.4) is 0 Å². The molecule has 8 heteroatoms. The van der Waals surface area contributed by atoms with Crippen LogP contribution in [-0.4, -0.2) is 28.9 Å². The molecule has 25 heavy (non-hydrogen) atoms. The first-order chi connectivity index (χ1) is 12.0. The Hall–Kier alpha value is -1.18. The highest BCUT2D eigenvalue weighted by Crippen LogP contribution is 2.47. The standard InChI is InChI=1S/C17H15Cl2N3OS2/c1-8-7-24-17(21-8)10-4-11(18)15(19)16-14(10)9-2-3-22(13(23)5-20)6-12(9)25-16/h4,7H,2-3,5-6,20H2,1H3. The Kier molecular flexibility index (Phi) is 4.50. The topological polar surface area (TPSA) is 59.2 Å². The van der Waals surface area contributed by atoms with Crippen molar-refractivity contribution in [2.75, 3.05) is 13.1 Å². The Labute approximate surface area is 163 Å². The van der Waals surface area contributed by atoms with E-state index in [9.17, 15) is 4.79 Å². The van der Waals surface area contributed by atoms with Gasteiger partial charge >= 0.3 is 0 Å². The van der Waals surface area contributed by atoms with Crippen LogP contribution in [-0.2, 0) is 17.8 Å². The minimum Gasteiger partial charge on any atom is -0.336 e. The lowest BCUT2D eigenvalue weighted by Gasteiger charge is -2.26. The number of nitrogens with two attached hydrogens (primary N) is 1. The minimum absolute atomic E-state index is 0.0250. The Morgan fingerprint density at radius 3 is 2.92 bits per heavy atom. The monoisotopic (exact) mass is 411 g/mol. The van der Waals surface area contributed by atoms with Crippen LogP contribution in [0.5, 0.6) is 0 Å². The predicted octanol–water partition coefficient (Wildman–Crippen LogP) is 4.48. The van der Waals surface area contributed by atoms with Gasteiger partial charge in [0.05, 0.1) is 27.8 Å². The van der Waals surface area contributed by atoms with Crippen molar-refractivity contribution in [1.29, 1.82) is 0 Å². The number of rotatable bonds is 2. The van der Waals surface area contributed by atoms with Gasteiger partial charge in [-0.1, -0.05) is 23.2 Å². The maximum absolute atomic E-state index is 12.0. The first-order valence-corrected chi connectivity index (χ1v) is 10.3. The summed E-state index contributed by atoms with van der Waals surface area (Å²) in [6, 6.07) is 1.91. The fraction of sp³-hybridized carbons (Fsp3) is 0.294. The Balaban J connectivity index is 1.93. The van der Waals surface area contributed by atoms with Crippen molar-refractivity contribution >= 4 is 61.9 Å². The second kappa shape index (κ2) is 6.52. The molecule has 4 nitrogen and oxygen atoms in total. The second-order valence-electron chi connectivity index (χ2n) is 5.99. The van der Waals surface area contributed by atoms with Gasteiger partial charge < -0.3 is 10.6 Å². The van der Waals surface area contributed by atoms with E-state index in [1.165, 1.54) is 5.56 Å². The number of amides is 1. The number of aromatic nitrogens is 1. The van der Waals surface area contributed by atoms with Crippen molar-refractivity contribution in [3.8, 4) is 10.6 Å². The molecule has 0 spiro atoms. The number of benzene rings is 1. The van der Waals surface area contributed by atoms with Gasteiger partial charge in [0.25, 0.3) is 0 Å². The summed E-state index contributed by atoms with van der Waals surface area (Å²) < 4.78 is 0.976. The third-order valence-corrected chi connectivity index (χ3v) is 7.51. The number of thiophene rings is 1. The first kappa shape index (κ1) is 17.2. The molecule has 1 aromatic carbocycles. The number of thiazole rings is 1. The van der Waals surface area contributed by atoms with E-state index in [2.05, 4.69) is 4.98 Å². The molecule has 0 saturated carbocycles. The minimum atomic E-state index is -0.0250. The van der Waals surface area contributed by atoms with Gasteiger partial charge in [-0.3, -0.25) is 4.79 Å². The molecule has 4 rings (SSSR count). The third kappa shape index (κ3) is 2.86. The van der Waals surface area contributed by atoms with Crippen LogP contribution < -0.4 is 5.73 Å². The molecule has 2 N–H and O–H groups in total. The summed E-state index contributed by atoms with van der Waals surface area (Å²) in [7, 11) is 0. The van der Waals surface area contributed by atoms with E-state index in [4.69, 9.17) is 28.9 Å². The molecule has 0 saturated heterocycles. The fourth-order valence-corrected chi connectivity index (χ4v) is 5.87. The highest BCUT2D eigenvalue weighted by Gasteiger charge is 2.27. The zero-order valence-electron chi connectivity index (χ0n) is 13.4. The van der Waals surface area contributed by atoms with Gasteiger partial charge in [-0.15, -0.1) is 22.7 Å². The van der Waals surface area contributed by atoms with Crippen LogP contribution in [0.25, 0.3) is 20.7 Å². The van der Waals surface area contributed by atoms with E-state index in [1.54, 1.807) is 27.6 Å². The molecule has 0 bridgehead atoms. The maximum Gasteiger partial charge on any atom is 0.236 e. The molecule has 0 fully saturated rings. The van der Waals surface area contributed by atoms with Gasteiger partial charge in [0.15, 0.2) is 0 Å². The van der Waals surface area contributed by atoms with Crippen LogP contribution in [0.2, 0.25) is 10.0 Å². The van der Waals surface area contributed by atoms with E-state index in [0.29, 0.717) is 23.1 Å². The summed E-state index contributed by atoms with van der Waals surface area (Å²) in [4.78, 5) is 19.5. The van der Waals surface area contributed by atoms with Crippen LogP contribution in [0.1, 0.15) is 16.1 Å². The molecule has 2 aromatic heterocycles. The molecular formula is C17H15Cl2N3OS2. The first-order valence-electron chi connectivity index (χ1n) is 7.82. The van der Waals surface area contributed by atoms with Crippen molar-refractivity contribution in [2.45, 2.75) is 19.9 Å². The second-order valence-corrected chi connectivity index (χ2v) is 8.74. The van der Waals surface area contributed by atoms with Gasteiger partial charge in [-0.05, 0) is 25.0 Å². The van der Waals surface area contributed by atoms with Gasteiger partial charge in [0.2, 0.25) is 5.91 Å².